The zero-order valence-corrected chi connectivity index (χ0v) is 13.2. The molecule has 1 aliphatic heterocycles. The predicted molar refractivity (Wildman–Crippen MR) is 80.7 cm³/mol. The monoisotopic (exact) mass is 359 g/mol. The van der Waals surface area contributed by atoms with Crippen molar-refractivity contribution in [1.82, 2.24) is 0 Å². The zero-order valence-electron chi connectivity index (χ0n) is 12.3. The van der Waals surface area contributed by atoms with Gasteiger partial charge in [0.05, 0.1) is 16.1 Å². The summed E-state index contributed by atoms with van der Waals surface area (Å²) < 4.78 is 77.8. The number of sulfonamides is 1. The van der Waals surface area contributed by atoms with Crippen molar-refractivity contribution < 1.29 is 26.0 Å². The summed E-state index contributed by atoms with van der Waals surface area (Å²) in [5, 5.41) is 0. The van der Waals surface area contributed by atoms with Crippen LogP contribution in [0.5, 0.6) is 0 Å². The van der Waals surface area contributed by atoms with Gasteiger partial charge in [-0.15, -0.1) is 0 Å². The van der Waals surface area contributed by atoms with Crippen molar-refractivity contribution in [2.45, 2.75) is 23.9 Å². The van der Waals surface area contributed by atoms with Gasteiger partial charge in [0.2, 0.25) is 0 Å². The highest BCUT2D eigenvalue weighted by atomic mass is 32.2. The van der Waals surface area contributed by atoms with E-state index in [0.717, 1.165) is 28.6 Å². The number of benzene rings is 2. The van der Waals surface area contributed by atoms with Crippen LogP contribution in [0.4, 0.5) is 23.2 Å². The number of halogens is 4. The lowest BCUT2D eigenvalue weighted by atomic mass is 10.0. The van der Waals surface area contributed by atoms with Gasteiger partial charge in [-0.05, 0) is 60.9 Å². The van der Waals surface area contributed by atoms with E-state index in [0.29, 0.717) is 24.1 Å². The molecule has 0 amide bonds. The second kappa shape index (κ2) is 5.77. The van der Waals surface area contributed by atoms with Gasteiger partial charge in [-0.25, -0.2) is 12.8 Å². The molecule has 0 aliphatic carbocycles. The molecular formula is C16H13F4NO2S. The van der Waals surface area contributed by atoms with E-state index in [1.807, 2.05) is 0 Å². The number of nitrogens with zero attached hydrogens (tertiary/aromatic N) is 1. The summed E-state index contributed by atoms with van der Waals surface area (Å²) in [6, 6.07) is 7.19. The van der Waals surface area contributed by atoms with Gasteiger partial charge in [0.25, 0.3) is 10.0 Å². The third kappa shape index (κ3) is 2.98. The molecule has 3 rings (SSSR count). The summed E-state index contributed by atoms with van der Waals surface area (Å²) in [6.07, 6.45) is -3.47. The van der Waals surface area contributed by atoms with Crippen molar-refractivity contribution in [1.29, 1.82) is 0 Å². The van der Waals surface area contributed by atoms with E-state index < -0.39 is 27.6 Å². The smallest absolute Gasteiger partial charge is 0.266 e. The van der Waals surface area contributed by atoms with E-state index in [-0.39, 0.29) is 11.4 Å². The second-order valence-corrected chi connectivity index (χ2v) is 7.34. The molecule has 1 heterocycles. The number of anilines is 1. The average Bonchev–Trinajstić information content (AvgIpc) is 2.53. The Bertz CT molecular complexity index is 861. The molecule has 0 saturated heterocycles. The first kappa shape index (κ1) is 16.8. The van der Waals surface area contributed by atoms with Crippen LogP contribution >= 0.6 is 0 Å². The van der Waals surface area contributed by atoms with Gasteiger partial charge >= 0.3 is 6.18 Å². The van der Waals surface area contributed by atoms with E-state index in [9.17, 15) is 26.0 Å². The van der Waals surface area contributed by atoms with E-state index in [2.05, 4.69) is 0 Å². The molecule has 0 N–H and O–H groups in total. The van der Waals surface area contributed by atoms with Crippen LogP contribution in [0, 0.1) is 5.82 Å². The van der Waals surface area contributed by atoms with Gasteiger partial charge in [0, 0.05) is 6.54 Å². The van der Waals surface area contributed by atoms with Crippen LogP contribution in [0.3, 0.4) is 0 Å². The van der Waals surface area contributed by atoms with Gasteiger partial charge < -0.3 is 0 Å². The topological polar surface area (TPSA) is 37.4 Å². The van der Waals surface area contributed by atoms with Crippen LogP contribution in [0.2, 0.25) is 0 Å². The summed E-state index contributed by atoms with van der Waals surface area (Å²) >= 11 is 0. The second-order valence-electron chi connectivity index (χ2n) is 5.48. The highest BCUT2D eigenvalue weighted by molar-refractivity contribution is 7.92. The van der Waals surface area contributed by atoms with Gasteiger partial charge in [-0.2, -0.15) is 13.2 Å². The minimum absolute atomic E-state index is 0.196. The molecule has 0 atom stereocenters. The first-order valence-electron chi connectivity index (χ1n) is 7.18. The van der Waals surface area contributed by atoms with Gasteiger partial charge in [-0.1, -0.05) is 0 Å². The van der Waals surface area contributed by atoms with Crippen LogP contribution in [-0.2, 0) is 22.6 Å². The largest absolute Gasteiger partial charge is 0.416 e. The SMILES string of the molecule is O=S(=O)(c1ccc(C(F)(F)F)cc1)N1CCCc2cc(F)ccc21. The Morgan fingerprint density at radius 2 is 1.67 bits per heavy atom. The molecule has 1 aliphatic rings. The standard InChI is InChI=1S/C16H13F4NO2S/c17-13-5-8-15-11(10-13)2-1-9-21(15)24(22,23)14-6-3-12(4-7-14)16(18,19)20/h3-8,10H,1-2,9H2. The number of rotatable bonds is 2. The summed E-state index contributed by atoms with van der Waals surface area (Å²) in [5.41, 5.74) is 0.0156. The Morgan fingerprint density at radius 3 is 2.29 bits per heavy atom. The molecule has 8 heteroatoms. The first-order chi connectivity index (χ1) is 11.2. The van der Waals surface area contributed by atoms with Crippen LogP contribution in [0.15, 0.2) is 47.4 Å². The molecule has 128 valence electrons. The lowest BCUT2D eigenvalue weighted by molar-refractivity contribution is -0.137. The molecular weight excluding hydrogens is 346 g/mol. The minimum atomic E-state index is -4.53. The van der Waals surface area contributed by atoms with Crippen molar-refractivity contribution >= 4 is 15.7 Å². The molecule has 0 saturated carbocycles. The molecule has 3 nitrogen and oxygen atoms in total. The highest BCUT2D eigenvalue weighted by Crippen LogP contribution is 2.34. The number of hydrogen-bond donors (Lipinski definition) is 0. The lowest BCUT2D eigenvalue weighted by Gasteiger charge is -2.30. The fraction of sp³-hybridized carbons (Fsp3) is 0.250. The Balaban J connectivity index is 2.00. The number of fused-ring (bicyclic) bond motifs is 1. The molecule has 0 radical (unpaired) electrons. The fourth-order valence-electron chi connectivity index (χ4n) is 2.72. The van der Waals surface area contributed by atoms with Gasteiger partial charge in [0.15, 0.2) is 0 Å². The molecule has 2 aromatic rings. The summed E-state index contributed by atoms with van der Waals surface area (Å²) in [4.78, 5) is -0.229. The zero-order chi connectivity index (χ0) is 17.5. The van der Waals surface area contributed by atoms with Gasteiger partial charge in [0.1, 0.15) is 5.82 Å². The van der Waals surface area contributed by atoms with Crippen LogP contribution in [-0.4, -0.2) is 15.0 Å². The molecule has 0 spiro atoms. The molecule has 24 heavy (non-hydrogen) atoms. The molecule has 0 unspecified atom stereocenters. The van der Waals surface area contributed by atoms with E-state index in [1.54, 1.807) is 0 Å². The molecule has 0 fully saturated rings. The lowest BCUT2D eigenvalue weighted by Crippen LogP contribution is -2.35. The summed E-state index contributed by atoms with van der Waals surface area (Å²) in [5.74, 6) is -0.456. The number of alkyl halides is 3. The first-order valence-corrected chi connectivity index (χ1v) is 8.62. The van der Waals surface area contributed by atoms with Crippen molar-refractivity contribution in [3.8, 4) is 0 Å². The summed E-state index contributed by atoms with van der Waals surface area (Å²) in [6.45, 7) is 0.196. The van der Waals surface area contributed by atoms with Crippen LogP contribution in [0.1, 0.15) is 17.5 Å². The Morgan fingerprint density at radius 1 is 1.00 bits per heavy atom. The van der Waals surface area contributed by atoms with Crippen molar-refractivity contribution in [2.75, 3.05) is 10.8 Å². The van der Waals surface area contributed by atoms with Crippen molar-refractivity contribution in [2.24, 2.45) is 0 Å². The predicted octanol–water partition coefficient (Wildman–Crippen LogP) is 3.99. The van der Waals surface area contributed by atoms with Crippen molar-refractivity contribution in [3.63, 3.8) is 0 Å². The molecule has 2 aromatic carbocycles. The molecule has 0 aromatic heterocycles. The Labute approximate surface area is 136 Å². The molecule has 0 bridgehead atoms. The third-order valence-electron chi connectivity index (χ3n) is 3.89. The summed E-state index contributed by atoms with van der Waals surface area (Å²) in [7, 11) is -4.01. The van der Waals surface area contributed by atoms with E-state index in [1.165, 1.54) is 18.2 Å². The average molecular weight is 359 g/mol. The van der Waals surface area contributed by atoms with E-state index in [4.69, 9.17) is 0 Å². The maximum atomic E-state index is 13.3. The minimum Gasteiger partial charge on any atom is -0.266 e. The number of hydrogen-bond acceptors (Lipinski definition) is 2. The highest BCUT2D eigenvalue weighted by Gasteiger charge is 2.32. The van der Waals surface area contributed by atoms with Crippen LogP contribution < -0.4 is 4.31 Å². The normalized spacial score (nSPS) is 15.2. The van der Waals surface area contributed by atoms with Gasteiger partial charge in [-0.3, -0.25) is 4.31 Å². The number of aryl methyl sites for hydroxylation is 1. The van der Waals surface area contributed by atoms with Crippen molar-refractivity contribution in [3.05, 3.63) is 59.4 Å². The van der Waals surface area contributed by atoms with E-state index >= 15 is 0 Å². The fourth-order valence-corrected chi connectivity index (χ4v) is 4.26. The van der Waals surface area contributed by atoms with Crippen LogP contribution in [0.25, 0.3) is 0 Å². The Kier molecular flexibility index (Phi) is 4.03. The maximum Gasteiger partial charge on any atom is 0.416 e. The third-order valence-corrected chi connectivity index (χ3v) is 5.71. The quantitative estimate of drug-likeness (QED) is 0.761. The maximum absolute atomic E-state index is 13.3. The Hall–Kier alpha value is -2.09.